The van der Waals surface area contributed by atoms with Crippen LogP contribution in [0.25, 0.3) is 21.7 Å². The van der Waals surface area contributed by atoms with Gasteiger partial charge in [-0.25, -0.2) is 0 Å². The number of nitro benzene ring substituents is 1. The minimum atomic E-state index is -0.602. The fourth-order valence-corrected chi connectivity index (χ4v) is 2.59. The van der Waals surface area contributed by atoms with E-state index in [4.69, 9.17) is 0 Å². The Morgan fingerprint density at radius 1 is 1.17 bits per heavy atom. The Morgan fingerprint density at radius 2 is 1.87 bits per heavy atom. The van der Waals surface area contributed by atoms with Gasteiger partial charge >= 0.3 is 5.97 Å². The lowest BCUT2D eigenvalue weighted by Crippen LogP contribution is -2.25. The minimum absolute atomic E-state index is 0.147. The molecule has 3 aromatic rings. The van der Waals surface area contributed by atoms with Crippen molar-refractivity contribution in [3.05, 3.63) is 62.9 Å². The number of methoxy groups -OCH3 is 1. The number of carbonyl (C=O) groups excluding carboxylic acids is 1. The lowest BCUT2D eigenvalue weighted by Gasteiger charge is -2.12. The number of hydrogen-bond donors (Lipinski definition) is 0. The minimum Gasteiger partial charge on any atom is -0.468 e. The molecule has 0 amide bonds. The molecule has 0 spiro atoms. The van der Waals surface area contributed by atoms with Gasteiger partial charge in [-0.3, -0.25) is 24.3 Å². The number of rotatable bonds is 3. The first kappa shape index (κ1) is 14.7. The average molecular weight is 312 g/mol. The molecule has 7 nitrogen and oxygen atoms in total. The zero-order valence-electron chi connectivity index (χ0n) is 12.2. The van der Waals surface area contributed by atoms with Gasteiger partial charge in [-0.05, 0) is 17.5 Å². The van der Waals surface area contributed by atoms with Gasteiger partial charge in [0.15, 0.2) is 0 Å². The Labute approximate surface area is 129 Å². The van der Waals surface area contributed by atoms with E-state index in [1.807, 2.05) is 0 Å². The summed E-state index contributed by atoms with van der Waals surface area (Å²) in [7, 11) is 1.22. The molecule has 2 aromatic carbocycles. The van der Waals surface area contributed by atoms with E-state index in [-0.39, 0.29) is 17.8 Å². The standard InChI is InChI=1S/C16H12N2O5/c1-23-15(19)9-17-14-8-10(18(21)22)6-7-12(14)11-4-2-3-5-13(11)16(17)20/h2-8H,9H2,1H3. The molecular weight excluding hydrogens is 300 g/mol. The molecular formula is C16H12N2O5. The van der Waals surface area contributed by atoms with Crippen LogP contribution in [0.1, 0.15) is 0 Å². The molecule has 0 aliphatic rings. The van der Waals surface area contributed by atoms with Crippen molar-refractivity contribution in [3.8, 4) is 0 Å². The molecule has 0 radical (unpaired) electrons. The van der Waals surface area contributed by atoms with E-state index in [0.29, 0.717) is 21.7 Å². The van der Waals surface area contributed by atoms with Crippen molar-refractivity contribution in [2.75, 3.05) is 7.11 Å². The highest BCUT2D eigenvalue weighted by Crippen LogP contribution is 2.26. The molecule has 0 aliphatic heterocycles. The molecule has 0 saturated heterocycles. The van der Waals surface area contributed by atoms with Crippen LogP contribution in [0.4, 0.5) is 5.69 Å². The van der Waals surface area contributed by atoms with Crippen molar-refractivity contribution >= 4 is 33.3 Å². The number of benzene rings is 2. The SMILES string of the molecule is COC(=O)Cn1c(=O)c2ccccc2c2ccc([N+](=O)[O-])cc21. The first-order valence-electron chi connectivity index (χ1n) is 6.79. The molecule has 1 heterocycles. The first-order chi connectivity index (χ1) is 11.0. The normalized spacial score (nSPS) is 10.8. The van der Waals surface area contributed by atoms with Crippen LogP contribution in [-0.2, 0) is 16.1 Å². The van der Waals surface area contributed by atoms with Crippen LogP contribution < -0.4 is 5.56 Å². The van der Waals surface area contributed by atoms with Gasteiger partial charge in [-0.15, -0.1) is 0 Å². The molecule has 0 aliphatic carbocycles. The second-order valence-electron chi connectivity index (χ2n) is 4.97. The van der Waals surface area contributed by atoms with E-state index in [2.05, 4.69) is 4.74 Å². The second kappa shape index (κ2) is 5.53. The van der Waals surface area contributed by atoms with Crippen LogP contribution >= 0.6 is 0 Å². The Hall–Kier alpha value is -3.22. The molecule has 0 bridgehead atoms. The van der Waals surface area contributed by atoms with Crippen molar-refractivity contribution in [1.82, 2.24) is 4.57 Å². The molecule has 0 atom stereocenters. The van der Waals surface area contributed by atoms with Gasteiger partial charge in [0, 0.05) is 22.9 Å². The smallest absolute Gasteiger partial charge is 0.325 e. The van der Waals surface area contributed by atoms with Crippen LogP contribution in [-0.4, -0.2) is 22.6 Å². The highest BCUT2D eigenvalue weighted by Gasteiger charge is 2.16. The lowest BCUT2D eigenvalue weighted by molar-refractivity contribution is -0.384. The topological polar surface area (TPSA) is 91.4 Å². The molecule has 0 fully saturated rings. The number of carbonyl (C=O) groups is 1. The summed E-state index contributed by atoms with van der Waals surface area (Å²) < 4.78 is 5.82. The lowest BCUT2D eigenvalue weighted by atomic mass is 10.1. The van der Waals surface area contributed by atoms with Crippen molar-refractivity contribution in [2.45, 2.75) is 6.54 Å². The van der Waals surface area contributed by atoms with E-state index in [0.717, 1.165) is 0 Å². The average Bonchev–Trinajstić information content (AvgIpc) is 2.57. The molecule has 0 saturated carbocycles. The summed E-state index contributed by atoms with van der Waals surface area (Å²) in [5.41, 5.74) is -0.210. The molecule has 7 heteroatoms. The largest absolute Gasteiger partial charge is 0.468 e. The van der Waals surface area contributed by atoms with Crippen molar-refractivity contribution in [2.24, 2.45) is 0 Å². The zero-order valence-corrected chi connectivity index (χ0v) is 12.2. The monoisotopic (exact) mass is 312 g/mol. The number of esters is 1. The Morgan fingerprint density at radius 3 is 2.52 bits per heavy atom. The molecule has 23 heavy (non-hydrogen) atoms. The summed E-state index contributed by atoms with van der Waals surface area (Å²) in [6.07, 6.45) is 0. The Kier molecular flexibility index (Phi) is 3.53. The first-order valence-corrected chi connectivity index (χ1v) is 6.79. The number of aromatic nitrogens is 1. The number of ether oxygens (including phenoxy) is 1. The summed E-state index contributed by atoms with van der Waals surface area (Å²) in [4.78, 5) is 34.7. The Bertz CT molecular complexity index is 1010. The number of fused-ring (bicyclic) bond motifs is 3. The summed E-state index contributed by atoms with van der Waals surface area (Å²) in [5, 5.41) is 12.8. The maximum atomic E-state index is 12.7. The maximum absolute atomic E-state index is 12.7. The highest BCUT2D eigenvalue weighted by atomic mass is 16.6. The van der Waals surface area contributed by atoms with E-state index >= 15 is 0 Å². The van der Waals surface area contributed by atoms with Crippen LogP contribution in [0, 0.1) is 10.1 Å². The van der Waals surface area contributed by atoms with Gasteiger partial charge in [-0.2, -0.15) is 0 Å². The third-order valence-corrected chi connectivity index (χ3v) is 3.69. The van der Waals surface area contributed by atoms with Crippen molar-refractivity contribution in [3.63, 3.8) is 0 Å². The van der Waals surface area contributed by atoms with Crippen molar-refractivity contribution < 1.29 is 14.5 Å². The van der Waals surface area contributed by atoms with Gasteiger partial charge in [0.05, 0.1) is 17.5 Å². The molecule has 1 aromatic heterocycles. The fourth-order valence-electron chi connectivity index (χ4n) is 2.59. The van der Waals surface area contributed by atoms with Crippen molar-refractivity contribution in [1.29, 1.82) is 0 Å². The van der Waals surface area contributed by atoms with Crippen LogP contribution in [0.3, 0.4) is 0 Å². The van der Waals surface area contributed by atoms with E-state index < -0.39 is 10.9 Å². The van der Waals surface area contributed by atoms with Crippen LogP contribution in [0.15, 0.2) is 47.3 Å². The summed E-state index contributed by atoms with van der Waals surface area (Å²) in [5.74, 6) is -0.602. The summed E-state index contributed by atoms with van der Waals surface area (Å²) >= 11 is 0. The Balaban J connectivity index is 2.46. The van der Waals surface area contributed by atoms with E-state index in [9.17, 15) is 19.7 Å². The molecule has 0 unspecified atom stereocenters. The summed E-state index contributed by atoms with van der Waals surface area (Å²) in [6.45, 7) is -0.308. The van der Waals surface area contributed by atoms with Gasteiger partial charge in [0.25, 0.3) is 11.2 Å². The zero-order chi connectivity index (χ0) is 16.6. The molecule has 116 valence electrons. The molecule has 3 rings (SSSR count). The predicted octanol–water partition coefficient (Wildman–Crippen LogP) is 2.24. The van der Waals surface area contributed by atoms with Crippen LogP contribution in [0.2, 0.25) is 0 Å². The van der Waals surface area contributed by atoms with Gasteiger partial charge in [0.2, 0.25) is 0 Å². The number of hydrogen-bond acceptors (Lipinski definition) is 5. The van der Waals surface area contributed by atoms with Gasteiger partial charge in [-0.1, -0.05) is 18.2 Å². The number of nitro groups is 1. The molecule has 0 N–H and O–H groups in total. The van der Waals surface area contributed by atoms with E-state index in [1.54, 1.807) is 30.3 Å². The maximum Gasteiger partial charge on any atom is 0.325 e. The number of non-ortho nitro benzene ring substituents is 1. The third kappa shape index (κ3) is 2.42. The predicted molar refractivity (Wildman–Crippen MR) is 84.4 cm³/mol. The third-order valence-electron chi connectivity index (χ3n) is 3.69. The quantitative estimate of drug-likeness (QED) is 0.320. The fraction of sp³-hybridized carbons (Fsp3) is 0.125. The highest BCUT2D eigenvalue weighted by molar-refractivity contribution is 6.06. The summed E-state index contributed by atoms with van der Waals surface area (Å²) in [6, 6.07) is 11.2. The van der Waals surface area contributed by atoms with Gasteiger partial charge < -0.3 is 4.74 Å². The van der Waals surface area contributed by atoms with Gasteiger partial charge in [0.1, 0.15) is 6.54 Å². The van der Waals surface area contributed by atoms with E-state index in [1.165, 1.54) is 23.8 Å². The number of pyridine rings is 1. The van der Waals surface area contributed by atoms with Crippen LogP contribution in [0.5, 0.6) is 0 Å². The second-order valence-corrected chi connectivity index (χ2v) is 4.97. The number of nitrogens with zero attached hydrogens (tertiary/aromatic N) is 2.